The van der Waals surface area contributed by atoms with Crippen LogP contribution in [0.1, 0.15) is 15.9 Å². The number of aliphatic hydroxyl groups is 1. The molecule has 4 heteroatoms. The van der Waals surface area contributed by atoms with Crippen LogP contribution in [0, 0.1) is 0 Å². The number of phenolic OH excluding ortho intramolecular Hbond substituents is 1. The second-order valence-corrected chi connectivity index (χ2v) is 2.63. The first-order chi connectivity index (χ1) is 5.70. The summed E-state index contributed by atoms with van der Waals surface area (Å²) in [7, 11) is 0. The number of aldehydes is 1. The van der Waals surface area contributed by atoms with Gasteiger partial charge in [-0.25, -0.2) is 0 Å². The number of aromatic hydroxyl groups is 1. The maximum absolute atomic E-state index is 10.3. The number of benzene rings is 1. The number of aliphatic hydroxyl groups excluding tert-OH is 1. The standard InChI is InChI=1S/C8H7ClO3/c9-7-5(3-10)1-2-6(4-11)8(7)12/h1-2,4,10,12H,3H2. The van der Waals surface area contributed by atoms with Crippen molar-refractivity contribution >= 4 is 17.9 Å². The first kappa shape index (κ1) is 9.03. The van der Waals surface area contributed by atoms with E-state index >= 15 is 0 Å². The molecule has 0 saturated heterocycles. The average Bonchev–Trinajstić information content (AvgIpc) is 2.10. The van der Waals surface area contributed by atoms with Gasteiger partial charge in [0.15, 0.2) is 6.29 Å². The molecule has 1 rings (SSSR count). The molecule has 64 valence electrons. The van der Waals surface area contributed by atoms with Gasteiger partial charge in [0, 0.05) is 0 Å². The number of carbonyl (C=O) groups excluding carboxylic acids is 1. The molecule has 12 heavy (non-hydrogen) atoms. The Balaban J connectivity index is 3.29. The number of hydrogen-bond donors (Lipinski definition) is 2. The van der Waals surface area contributed by atoms with Crippen molar-refractivity contribution < 1.29 is 15.0 Å². The first-order valence-corrected chi connectivity index (χ1v) is 3.65. The van der Waals surface area contributed by atoms with Crippen LogP contribution in [-0.4, -0.2) is 16.5 Å². The van der Waals surface area contributed by atoms with Crippen LogP contribution < -0.4 is 0 Å². The quantitative estimate of drug-likeness (QED) is 0.686. The second kappa shape index (κ2) is 3.56. The lowest BCUT2D eigenvalue weighted by molar-refractivity contribution is 0.112. The van der Waals surface area contributed by atoms with Gasteiger partial charge in [-0.05, 0) is 11.6 Å². The maximum Gasteiger partial charge on any atom is 0.153 e. The van der Waals surface area contributed by atoms with Gasteiger partial charge in [0.05, 0.1) is 17.2 Å². The van der Waals surface area contributed by atoms with E-state index in [0.29, 0.717) is 11.8 Å². The molecule has 0 radical (unpaired) electrons. The zero-order chi connectivity index (χ0) is 9.14. The lowest BCUT2D eigenvalue weighted by Crippen LogP contribution is -1.89. The van der Waals surface area contributed by atoms with Gasteiger partial charge in [-0.2, -0.15) is 0 Å². The first-order valence-electron chi connectivity index (χ1n) is 3.27. The van der Waals surface area contributed by atoms with E-state index in [1.165, 1.54) is 12.1 Å². The zero-order valence-corrected chi connectivity index (χ0v) is 6.88. The molecule has 0 atom stereocenters. The fourth-order valence-corrected chi connectivity index (χ4v) is 1.07. The summed E-state index contributed by atoms with van der Waals surface area (Å²) < 4.78 is 0. The minimum atomic E-state index is -0.279. The Morgan fingerprint density at radius 1 is 1.50 bits per heavy atom. The average molecular weight is 187 g/mol. The molecular formula is C8H7ClO3. The Kier molecular flexibility index (Phi) is 2.68. The van der Waals surface area contributed by atoms with Crippen molar-refractivity contribution in [1.82, 2.24) is 0 Å². The molecule has 2 N–H and O–H groups in total. The molecule has 1 aromatic carbocycles. The van der Waals surface area contributed by atoms with Crippen molar-refractivity contribution in [1.29, 1.82) is 0 Å². The van der Waals surface area contributed by atoms with Crippen molar-refractivity contribution in [3.8, 4) is 5.75 Å². The van der Waals surface area contributed by atoms with Crippen LogP contribution in [0.3, 0.4) is 0 Å². The predicted octanol–water partition coefficient (Wildman–Crippen LogP) is 1.35. The molecule has 0 aromatic heterocycles. The van der Waals surface area contributed by atoms with Gasteiger partial charge in [0.25, 0.3) is 0 Å². The summed E-state index contributed by atoms with van der Waals surface area (Å²) in [4.78, 5) is 10.3. The molecule has 0 aliphatic carbocycles. The van der Waals surface area contributed by atoms with Gasteiger partial charge >= 0.3 is 0 Å². The summed E-state index contributed by atoms with van der Waals surface area (Å²) in [6.07, 6.45) is 0.502. The van der Waals surface area contributed by atoms with Gasteiger partial charge in [-0.3, -0.25) is 4.79 Å². The number of halogens is 1. The van der Waals surface area contributed by atoms with Crippen molar-refractivity contribution in [2.45, 2.75) is 6.61 Å². The third-order valence-corrected chi connectivity index (χ3v) is 1.95. The number of rotatable bonds is 2. The van der Waals surface area contributed by atoms with Crippen LogP contribution in [0.15, 0.2) is 12.1 Å². The SMILES string of the molecule is O=Cc1ccc(CO)c(Cl)c1O. The van der Waals surface area contributed by atoms with E-state index < -0.39 is 0 Å². The molecule has 0 bridgehead atoms. The Morgan fingerprint density at radius 2 is 2.17 bits per heavy atom. The largest absolute Gasteiger partial charge is 0.506 e. The van der Waals surface area contributed by atoms with E-state index in [-0.39, 0.29) is 22.9 Å². The van der Waals surface area contributed by atoms with Crippen molar-refractivity contribution in [2.24, 2.45) is 0 Å². The Hall–Kier alpha value is -1.06. The minimum Gasteiger partial charge on any atom is -0.506 e. The van der Waals surface area contributed by atoms with E-state index in [9.17, 15) is 9.90 Å². The highest BCUT2D eigenvalue weighted by atomic mass is 35.5. The lowest BCUT2D eigenvalue weighted by atomic mass is 10.1. The van der Waals surface area contributed by atoms with Crippen LogP contribution in [0.25, 0.3) is 0 Å². The topological polar surface area (TPSA) is 57.5 Å². The third kappa shape index (κ3) is 1.42. The molecular weight excluding hydrogens is 180 g/mol. The van der Waals surface area contributed by atoms with Crippen LogP contribution in [0.2, 0.25) is 5.02 Å². The molecule has 1 aromatic rings. The van der Waals surface area contributed by atoms with Gasteiger partial charge in [-0.15, -0.1) is 0 Å². The van der Waals surface area contributed by atoms with E-state index in [1.54, 1.807) is 0 Å². The van der Waals surface area contributed by atoms with Crippen molar-refractivity contribution in [3.05, 3.63) is 28.3 Å². The minimum absolute atomic E-state index is 0.0297. The molecule has 0 spiro atoms. The van der Waals surface area contributed by atoms with Gasteiger partial charge < -0.3 is 10.2 Å². The molecule has 0 unspecified atom stereocenters. The summed E-state index contributed by atoms with van der Waals surface area (Å²) in [5, 5.41) is 18.0. The smallest absolute Gasteiger partial charge is 0.153 e. The number of carbonyl (C=O) groups is 1. The Morgan fingerprint density at radius 3 is 2.67 bits per heavy atom. The van der Waals surface area contributed by atoms with Crippen molar-refractivity contribution in [3.63, 3.8) is 0 Å². The van der Waals surface area contributed by atoms with Crippen LogP contribution in [0.5, 0.6) is 5.75 Å². The summed E-state index contributed by atoms with van der Waals surface area (Å²) in [6.45, 7) is -0.258. The molecule has 0 saturated carbocycles. The van der Waals surface area contributed by atoms with Crippen molar-refractivity contribution in [2.75, 3.05) is 0 Å². The molecule has 0 amide bonds. The van der Waals surface area contributed by atoms with E-state index in [1.807, 2.05) is 0 Å². The Labute approximate surface area is 74.2 Å². The third-order valence-electron chi connectivity index (χ3n) is 1.52. The van der Waals surface area contributed by atoms with Gasteiger partial charge in [0.2, 0.25) is 0 Å². The Bertz CT molecular complexity index is 309. The highest BCUT2D eigenvalue weighted by Gasteiger charge is 2.08. The summed E-state index contributed by atoms with van der Waals surface area (Å²) >= 11 is 5.61. The van der Waals surface area contributed by atoms with Crippen LogP contribution >= 0.6 is 11.6 Å². The maximum atomic E-state index is 10.3. The summed E-state index contributed by atoms with van der Waals surface area (Å²) in [5.41, 5.74) is 0.525. The normalized spacial score (nSPS) is 9.83. The fraction of sp³-hybridized carbons (Fsp3) is 0.125. The molecule has 0 heterocycles. The zero-order valence-electron chi connectivity index (χ0n) is 6.12. The highest BCUT2D eigenvalue weighted by Crippen LogP contribution is 2.29. The molecule has 0 aliphatic heterocycles. The molecule has 0 fully saturated rings. The lowest BCUT2D eigenvalue weighted by Gasteiger charge is -2.03. The monoisotopic (exact) mass is 186 g/mol. The van der Waals surface area contributed by atoms with Gasteiger partial charge in [0.1, 0.15) is 5.75 Å². The summed E-state index contributed by atoms with van der Waals surface area (Å²) in [5.74, 6) is -0.279. The summed E-state index contributed by atoms with van der Waals surface area (Å²) in [6, 6.07) is 2.89. The fourth-order valence-electron chi connectivity index (χ4n) is 0.838. The molecule has 3 nitrogen and oxygen atoms in total. The van der Waals surface area contributed by atoms with E-state index in [4.69, 9.17) is 16.7 Å². The van der Waals surface area contributed by atoms with E-state index in [0.717, 1.165) is 0 Å². The predicted molar refractivity (Wildman–Crippen MR) is 44.4 cm³/mol. The van der Waals surface area contributed by atoms with Crippen LogP contribution in [0.4, 0.5) is 0 Å². The molecule has 0 aliphatic rings. The highest BCUT2D eigenvalue weighted by molar-refractivity contribution is 6.33. The van der Waals surface area contributed by atoms with Crippen LogP contribution in [-0.2, 0) is 6.61 Å². The number of hydrogen-bond acceptors (Lipinski definition) is 3. The second-order valence-electron chi connectivity index (χ2n) is 2.25. The number of phenols is 1. The van der Waals surface area contributed by atoms with Gasteiger partial charge in [-0.1, -0.05) is 17.7 Å². The van der Waals surface area contributed by atoms with E-state index in [2.05, 4.69) is 0 Å².